The number of ether oxygens (including phenoxy) is 1. The van der Waals surface area contributed by atoms with Crippen molar-refractivity contribution in [3.63, 3.8) is 0 Å². The molecule has 1 aromatic heterocycles. The van der Waals surface area contributed by atoms with Crippen LogP contribution >= 0.6 is 0 Å². The summed E-state index contributed by atoms with van der Waals surface area (Å²) in [4.78, 5) is 72.0. The maximum absolute atomic E-state index is 14.7. The highest BCUT2D eigenvalue weighted by Crippen LogP contribution is 2.23. The fourth-order valence-electron chi connectivity index (χ4n) is 5.16. The highest BCUT2D eigenvalue weighted by Gasteiger charge is 2.37. The van der Waals surface area contributed by atoms with Gasteiger partial charge in [0.25, 0.3) is 11.8 Å². The number of pyridine rings is 1. The Hall–Kier alpha value is -4.35. The fraction of sp³-hybridized carbons (Fsp3) is 0.467. The number of nitrogens with one attached hydrogen (secondary N) is 2. The van der Waals surface area contributed by atoms with Crippen LogP contribution in [0.3, 0.4) is 0 Å². The molecule has 3 heterocycles. The third kappa shape index (κ3) is 7.10. The van der Waals surface area contributed by atoms with E-state index in [4.69, 9.17) is 0 Å². The van der Waals surface area contributed by atoms with Crippen LogP contribution < -0.4 is 10.6 Å². The van der Waals surface area contributed by atoms with E-state index in [0.717, 1.165) is 5.56 Å². The Labute approximate surface area is 243 Å². The summed E-state index contributed by atoms with van der Waals surface area (Å²) in [7, 11) is 1.24. The van der Waals surface area contributed by atoms with Crippen LogP contribution in [0.4, 0.5) is 4.39 Å². The Balaban J connectivity index is 1.63. The van der Waals surface area contributed by atoms with Gasteiger partial charge in [-0.05, 0) is 61.4 Å². The van der Waals surface area contributed by atoms with E-state index in [1.54, 1.807) is 6.07 Å². The summed E-state index contributed by atoms with van der Waals surface area (Å²) in [6.07, 6.45) is 3.25. The van der Waals surface area contributed by atoms with E-state index in [0.29, 0.717) is 38.8 Å². The quantitative estimate of drug-likeness (QED) is 0.529. The van der Waals surface area contributed by atoms with Crippen molar-refractivity contribution in [1.29, 1.82) is 0 Å². The van der Waals surface area contributed by atoms with Crippen LogP contribution in [-0.4, -0.2) is 89.8 Å². The topological polar surface area (TPSA) is 138 Å². The van der Waals surface area contributed by atoms with E-state index < -0.39 is 47.5 Å². The molecule has 224 valence electrons. The molecule has 0 saturated carbocycles. The molecular formula is C30H36FN5O6. The van der Waals surface area contributed by atoms with Gasteiger partial charge in [0.2, 0.25) is 11.8 Å². The van der Waals surface area contributed by atoms with Crippen molar-refractivity contribution >= 4 is 29.6 Å². The number of aryl methyl sites for hydroxylation is 1. The van der Waals surface area contributed by atoms with Crippen molar-refractivity contribution in [2.45, 2.75) is 51.6 Å². The van der Waals surface area contributed by atoms with E-state index in [-0.39, 0.29) is 35.8 Å². The van der Waals surface area contributed by atoms with Crippen molar-refractivity contribution in [1.82, 2.24) is 25.4 Å². The number of aromatic nitrogens is 1. The van der Waals surface area contributed by atoms with Gasteiger partial charge in [-0.25, -0.2) is 9.18 Å². The lowest BCUT2D eigenvalue weighted by Crippen LogP contribution is -2.55. The first-order valence-corrected chi connectivity index (χ1v) is 14.1. The molecule has 2 aliphatic rings. The molecule has 4 amide bonds. The summed E-state index contributed by atoms with van der Waals surface area (Å²) in [5.74, 6) is -3.29. The molecule has 1 aromatic carbocycles. The van der Waals surface area contributed by atoms with Crippen LogP contribution in [0.15, 0.2) is 36.5 Å². The Morgan fingerprint density at radius 1 is 1.12 bits per heavy atom. The lowest BCUT2D eigenvalue weighted by atomic mass is 10.0. The van der Waals surface area contributed by atoms with Crippen molar-refractivity contribution in [2.24, 2.45) is 5.92 Å². The highest BCUT2D eigenvalue weighted by molar-refractivity contribution is 5.99. The molecule has 42 heavy (non-hydrogen) atoms. The third-order valence-corrected chi connectivity index (χ3v) is 7.62. The van der Waals surface area contributed by atoms with Gasteiger partial charge in [0.05, 0.1) is 24.8 Å². The molecule has 0 spiro atoms. The second kappa shape index (κ2) is 13.5. The maximum atomic E-state index is 14.7. The first-order chi connectivity index (χ1) is 20.1. The summed E-state index contributed by atoms with van der Waals surface area (Å²) >= 11 is 0. The Bertz CT molecular complexity index is 1350. The number of hydrogen-bond donors (Lipinski definition) is 2. The van der Waals surface area contributed by atoms with E-state index in [1.165, 1.54) is 47.4 Å². The molecule has 2 bridgehead atoms. The summed E-state index contributed by atoms with van der Waals surface area (Å²) in [6.45, 7) is 4.07. The number of rotatable bonds is 3. The Morgan fingerprint density at radius 2 is 1.90 bits per heavy atom. The molecule has 1 saturated heterocycles. The maximum Gasteiger partial charge on any atom is 0.339 e. The van der Waals surface area contributed by atoms with Crippen LogP contribution in [-0.2, 0) is 20.7 Å². The predicted octanol–water partition coefficient (Wildman–Crippen LogP) is 1.96. The number of halogens is 1. The van der Waals surface area contributed by atoms with E-state index in [9.17, 15) is 28.4 Å². The standard InChI is InChI=1S/C30H36FN5O6/c1-18(2)24-16-35(29(40)23-11-9-20(15-33-23)30(41)42-3)17-26(37)32-12-4-6-19-8-10-22(31)21(14-19)28(39)36-13-5-7-25(36)27(38)34-24/h8-11,14-15,18,24-25H,4-7,12-13,16-17H2,1-3H3,(H,32,37)(H,34,38)/t24-,25-/m0/s1. The van der Waals surface area contributed by atoms with Crippen molar-refractivity contribution in [3.05, 3.63) is 64.7 Å². The van der Waals surface area contributed by atoms with Crippen LogP contribution in [0.1, 0.15) is 69.9 Å². The number of fused-ring (bicyclic) bond motifs is 3. The number of hydrogen-bond acceptors (Lipinski definition) is 7. The number of amides is 4. The molecule has 2 aliphatic heterocycles. The lowest BCUT2D eigenvalue weighted by Gasteiger charge is -2.32. The number of benzene rings is 1. The molecule has 2 aromatic rings. The van der Waals surface area contributed by atoms with Gasteiger partial charge in [-0.2, -0.15) is 0 Å². The van der Waals surface area contributed by atoms with Crippen LogP contribution in [0.25, 0.3) is 0 Å². The summed E-state index contributed by atoms with van der Waals surface area (Å²) in [5, 5.41) is 5.78. The summed E-state index contributed by atoms with van der Waals surface area (Å²) in [6, 6.07) is 5.80. The van der Waals surface area contributed by atoms with Gasteiger partial charge >= 0.3 is 5.97 Å². The number of nitrogens with zero attached hydrogens (tertiary/aromatic N) is 3. The average molecular weight is 582 g/mol. The normalized spacial score (nSPS) is 20.5. The van der Waals surface area contributed by atoms with Crippen molar-refractivity contribution in [3.8, 4) is 0 Å². The molecule has 2 N–H and O–H groups in total. The molecule has 4 rings (SSSR count). The van der Waals surface area contributed by atoms with Gasteiger partial charge < -0.3 is 25.2 Å². The van der Waals surface area contributed by atoms with Crippen LogP contribution in [0, 0.1) is 11.7 Å². The monoisotopic (exact) mass is 581 g/mol. The number of carbonyl (C=O) groups is 5. The second-order valence-corrected chi connectivity index (χ2v) is 10.9. The molecule has 11 nitrogen and oxygen atoms in total. The summed E-state index contributed by atoms with van der Waals surface area (Å²) in [5.41, 5.74) is 0.841. The number of carbonyl (C=O) groups excluding carboxylic acids is 5. The zero-order chi connectivity index (χ0) is 30.4. The SMILES string of the molecule is COC(=O)c1ccc(C(=O)N2CC(=O)NCCCc3ccc(F)c(c3)C(=O)N3CCC[C@H]3C(=O)N[C@H](C(C)C)C2)nc1. The van der Waals surface area contributed by atoms with Gasteiger partial charge in [0, 0.05) is 31.9 Å². The van der Waals surface area contributed by atoms with Crippen LogP contribution in [0.5, 0.6) is 0 Å². The first-order valence-electron chi connectivity index (χ1n) is 14.1. The van der Waals surface area contributed by atoms with Gasteiger partial charge in [-0.3, -0.25) is 24.2 Å². The molecule has 0 aliphatic carbocycles. The zero-order valence-corrected chi connectivity index (χ0v) is 24.0. The summed E-state index contributed by atoms with van der Waals surface area (Å²) < 4.78 is 19.4. The van der Waals surface area contributed by atoms with Gasteiger partial charge in [0.1, 0.15) is 17.6 Å². The van der Waals surface area contributed by atoms with Gasteiger partial charge in [0.15, 0.2) is 0 Å². The smallest absolute Gasteiger partial charge is 0.339 e. The molecule has 2 atom stereocenters. The zero-order valence-electron chi connectivity index (χ0n) is 24.0. The van der Waals surface area contributed by atoms with Gasteiger partial charge in [-0.1, -0.05) is 19.9 Å². The predicted molar refractivity (Wildman–Crippen MR) is 150 cm³/mol. The fourth-order valence-corrected chi connectivity index (χ4v) is 5.16. The largest absolute Gasteiger partial charge is 0.465 e. The number of methoxy groups -OCH3 is 1. The minimum atomic E-state index is -0.794. The van der Waals surface area contributed by atoms with Gasteiger partial charge in [-0.15, -0.1) is 0 Å². The molecular weight excluding hydrogens is 545 g/mol. The average Bonchev–Trinajstić information content (AvgIpc) is 3.48. The molecule has 1 fully saturated rings. The molecule has 0 radical (unpaired) electrons. The van der Waals surface area contributed by atoms with Crippen molar-refractivity contribution in [2.75, 3.05) is 33.3 Å². The minimum absolute atomic E-state index is 0.00777. The van der Waals surface area contributed by atoms with E-state index in [2.05, 4.69) is 20.4 Å². The Morgan fingerprint density at radius 3 is 2.60 bits per heavy atom. The van der Waals surface area contributed by atoms with Crippen molar-refractivity contribution < 1.29 is 33.1 Å². The Kier molecular flexibility index (Phi) is 9.87. The molecule has 0 unspecified atom stereocenters. The molecule has 12 heteroatoms. The second-order valence-electron chi connectivity index (χ2n) is 10.9. The lowest BCUT2D eigenvalue weighted by molar-refractivity contribution is -0.126. The highest BCUT2D eigenvalue weighted by atomic mass is 19.1. The number of esters is 1. The minimum Gasteiger partial charge on any atom is -0.465 e. The first kappa shape index (κ1) is 30.6. The van der Waals surface area contributed by atoms with E-state index >= 15 is 0 Å². The third-order valence-electron chi connectivity index (χ3n) is 7.62. The van der Waals surface area contributed by atoms with Crippen LogP contribution in [0.2, 0.25) is 0 Å². The van der Waals surface area contributed by atoms with E-state index in [1.807, 2.05) is 13.8 Å².